The van der Waals surface area contributed by atoms with Crippen molar-refractivity contribution in [2.75, 3.05) is 13.7 Å². The molecule has 1 aromatic heterocycles. The van der Waals surface area contributed by atoms with E-state index in [4.69, 9.17) is 39.5 Å². The lowest BCUT2D eigenvalue weighted by Crippen LogP contribution is -2.29. The molecule has 0 saturated carbocycles. The van der Waals surface area contributed by atoms with Gasteiger partial charge in [0, 0.05) is 23.6 Å². The Labute approximate surface area is 148 Å². The Morgan fingerprint density at radius 1 is 1.23 bits per heavy atom. The molecule has 1 aromatic carbocycles. The van der Waals surface area contributed by atoms with Crippen molar-refractivity contribution in [2.24, 2.45) is 0 Å². The van der Waals surface area contributed by atoms with E-state index in [1.807, 2.05) is 0 Å². The van der Waals surface area contributed by atoms with E-state index in [-0.39, 0.29) is 21.5 Å². The topological polar surface area (TPSA) is 55.4 Å². The molecule has 9 heteroatoms. The molecule has 0 unspecified atom stereocenters. The molecule has 1 heterocycles. The second kappa shape index (κ2) is 7.49. The monoisotopic (exact) mass is 399 g/mol. The van der Waals surface area contributed by atoms with Gasteiger partial charge in [-0.3, -0.25) is 0 Å². The largest absolute Gasteiger partial charge is 0.375 e. The van der Waals surface area contributed by atoms with E-state index >= 15 is 0 Å². The van der Waals surface area contributed by atoms with Gasteiger partial charge in [-0.15, -0.1) is 11.3 Å². The molecule has 0 spiro atoms. The number of halogens is 3. The van der Waals surface area contributed by atoms with Crippen molar-refractivity contribution >= 4 is 56.2 Å². The Bertz CT molecular complexity index is 762. The summed E-state index contributed by atoms with van der Waals surface area (Å²) in [6, 6.07) is 7.79. The summed E-state index contributed by atoms with van der Waals surface area (Å²) in [4.78, 5) is 0.758. The van der Waals surface area contributed by atoms with E-state index in [9.17, 15) is 8.42 Å². The fraction of sp³-hybridized carbons (Fsp3) is 0.231. The van der Waals surface area contributed by atoms with Crippen LogP contribution in [0.25, 0.3) is 0 Å². The number of benzene rings is 1. The smallest absolute Gasteiger partial charge is 0.242 e. The number of methoxy groups -OCH3 is 1. The fourth-order valence-corrected chi connectivity index (χ4v) is 4.68. The fourth-order valence-electron chi connectivity index (χ4n) is 1.75. The molecule has 0 fully saturated rings. The minimum absolute atomic E-state index is 0.0541. The van der Waals surface area contributed by atoms with Crippen LogP contribution in [-0.2, 0) is 14.8 Å². The van der Waals surface area contributed by atoms with Gasteiger partial charge in [0.1, 0.15) is 11.0 Å². The summed E-state index contributed by atoms with van der Waals surface area (Å²) in [7, 11) is -2.30. The van der Waals surface area contributed by atoms with Crippen LogP contribution in [-0.4, -0.2) is 22.1 Å². The highest BCUT2D eigenvalue weighted by Crippen LogP contribution is 2.29. The van der Waals surface area contributed by atoms with Crippen LogP contribution in [0.2, 0.25) is 14.4 Å². The lowest BCUT2D eigenvalue weighted by atomic mass is 10.3. The summed E-state index contributed by atoms with van der Waals surface area (Å²) < 4.78 is 33.0. The lowest BCUT2D eigenvalue weighted by molar-refractivity contribution is 0.110. The van der Waals surface area contributed by atoms with E-state index in [2.05, 4.69) is 4.72 Å². The Kier molecular flexibility index (Phi) is 6.13. The summed E-state index contributed by atoms with van der Waals surface area (Å²) in [5.41, 5.74) is 0. The van der Waals surface area contributed by atoms with E-state index < -0.39 is 16.1 Å². The third-order valence-corrected chi connectivity index (χ3v) is 6.30. The second-order valence-electron chi connectivity index (χ2n) is 4.29. The van der Waals surface area contributed by atoms with Crippen LogP contribution < -0.4 is 4.72 Å². The van der Waals surface area contributed by atoms with Crippen molar-refractivity contribution in [3.8, 4) is 0 Å². The SMILES string of the molecule is CO[C@@H](CNS(=O)(=O)c1cc(Cl)ccc1Cl)c1ccc(Cl)s1. The van der Waals surface area contributed by atoms with Gasteiger partial charge in [-0.25, -0.2) is 13.1 Å². The highest BCUT2D eigenvalue weighted by molar-refractivity contribution is 7.89. The van der Waals surface area contributed by atoms with Crippen LogP contribution in [0.3, 0.4) is 0 Å². The van der Waals surface area contributed by atoms with E-state index in [0.717, 1.165) is 4.88 Å². The molecule has 2 rings (SSSR count). The van der Waals surface area contributed by atoms with Crippen molar-refractivity contribution in [3.05, 3.63) is 49.6 Å². The lowest BCUT2D eigenvalue weighted by Gasteiger charge is -2.15. The highest BCUT2D eigenvalue weighted by atomic mass is 35.5. The Morgan fingerprint density at radius 2 is 1.95 bits per heavy atom. The Balaban J connectivity index is 2.16. The second-order valence-corrected chi connectivity index (χ2v) is 8.62. The Morgan fingerprint density at radius 3 is 2.55 bits per heavy atom. The highest BCUT2D eigenvalue weighted by Gasteiger charge is 2.21. The normalized spacial score (nSPS) is 13.3. The maximum Gasteiger partial charge on any atom is 0.242 e. The van der Waals surface area contributed by atoms with Gasteiger partial charge in [-0.2, -0.15) is 0 Å². The Hall–Kier alpha value is -0.340. The maximum atomic E-state index is 12.3. The van der Waals surface area contributed by atoms with Gasteiger partial charge in [0.15, 0.2) is 0 Å². The van der Waals surface area contributed by atoms with E-state index in [1.165, 1.54) is 36.6 Å². The minimum Gasteiger partial charge on any atom is -0.375 e. The number of rotatable bonds is 6. The molecule has 1 atom stereocenters. The molecule has 22 heavy (non-hydrogen) atoms. The number of nitrogens with one attached hydrogen (secondary N) is 1. The van der Waals surface area contributed by atoms with Gasteiger partial charge in [0.25, 0.3) is 0 Å². The summed E-state index contributed by atoms with van der Waals surface area (Å²) in [6.07, 6.45) is -0.440. The first-order chi connectivity index (χ1) is 10.3. The molecule has 0 aliphatic carbocycles. The molecule has 1 N–H and O–H groups in total. The zero-order valence-corrected chi connectivity index (χ0v) is 15.2. The first-order valence-corrected chi connectivity index (χ1v) is 9.49. The molecular formula is C13H12Cl3NO3S2. The van der Waals surface area contributed by atoms with Crippen LogP contribution in [0.1, 0.15) is 11.0 Å². The van der Waals surface area contributed by atoms with Crippen molar-refractivity contribution in [2.45, 2.75) is 11.0 Å². The molecular weight excluding hydrogens is 389 g/mol. The molecule has 0 amide bonds. The molecule has 4 nitrogen and oxygen atoms in total. The number of hydrogen-bond acceptors (Lipinski definition) is 4. The van der Waals surface area contributed by atoms with Crippen molar-refractivity contribution < 1.29 is 13.2 Å². The van der Waals surface area contributed by atoms with Crippen LogP contribution in [0.15, 0.2) is 35.2 Å². The van der Waals surface area contributed by atoms with Crippen LogP contribution in [0, 0.1) is 0 Å². The van der Waals surface area contributed by atoms with Gasteiger partial charge in [0.05, 0.1) is 9.36 Å². The summed E-state index contributed by atoms with van der Waals surface area (Å²) in [5.74, 6) is 0. The zero-order valence-electron chi connectivity index (χ0n) is 11.3. The summed E-state index contributed by atoms with van der Waals surface area (Å²) in [6.45, 7) is 0.0541. The maximum absolute atomic E-state index is 12.3. The third kappa shape index (κ3) is 4.35. The third-order valence-electron chi connectivity index (χ3n) is 2.84. The number of ether oxygens (including phenoxy) is 1. The van der Waals surface area contributed by atoms with Gasteiger partial charge < -0.3 is 4.74 Å². The van der Waals surface area contributed by atoms with Crippen molar-refractivity contribution in [3.63, 3.8) is 0 Å². The standard InChI is InChI=1S/C13H12Cl3NO3S2/c1-20-10(11-4-5-13(16)21-11)7-17-22(18,19)12-6-8(14)2-3-9(12)15/h2-6,10,17H,7H2,1H3/t10-/m0/s1. The predicted octanol–water partition coefficient (Wildman–Crippen LogP) is 4.37. The number of hydrogen-bond donors (Lipinski definition) is 1. The van der Waals surface area contributed by atoms with Gasteiger partial charge >= 0.3 is 0 Å². The minimum atomic E-state index is -3.79. The number of sulfonamides is 1. The molecule has 0 saturated heterocycles. The van der Waals surface area contributed by atoms with Gasteiger partial charge in [-0.05, 0) is 30.3 Å². The average Bonchev–Trinajstić information content (AvgIpc) is 2.88. The molecule has 2 aromatic rings. The van der Waals surface area contributed by atoms with E-state index in [1.54, 1.807) is 12.1 Å². The molecule has 0 aliphatic rings. The van der Waals surface area contributed by atoms with Gasteiger partial charge in [-0.1, -0.05) is 34.8 Å². The zero-order chi connectivity index (χ0) is 16.3. The number of thiophene rings is 1. The van der Waals surface area contributed by atoms with Crippen molar-refractivity contribution in [1.82, 2.24) is 4.72 Å². The molecule has 0 radical (unpaired) electrons. The van der Waals surface area contributed by atoms with Gasteiger partial charge in [0.2, 0.25) is 10.0 Å². The quantitative estimate of drug-likeness (QED) is 0.783. The van der Waals surface area contributed by atoms with Crippen LogP contribution in [0.5, 0.6) is 0 Å². The first kappa shape index (κ1) is 18.0. The first-order valence-electron chi connectivity index (χ1n) is 6.06. The summed E-state index contributed by atoms with van der Waals surface area (Å²) in [5, 5.41) is 0.392. The predicted molar refractivity (Wildman–Crippen MR) is 90.7 cm³/mol. The van der Waals surface area contributed by atoms with Crippen LogP contribution in [0.4, 0.5) is 0 Å². The molecule has 0 aliphatic heterocycles. The van der Waals surface area contributed by atoms with Crippen molar-refractivity contribution in [1.29, 1.82) is 0 Å². The summed E-state index contributed by atoms with van der Waals surface area (Å²) >= 11 is 19.0. The average molecular weight is 401 g/mol. The molecule has 0 bridgehead atoms. The molecule has 120 valence electrons. The van der Waals surface area contributed by atoms with E-state index in [0.29, 0.717) is 4.34 Å². The van der Waals surface area contributed by atoms with Crippen LogP contribution >= 0.6 is 46.1 Å².